The highest BCUT2D eigenvalue weighted by atomic mass is 16.3. The number of aromatic nitrogens is 1. The van der Waals surface area contributed by atoms with Gasteiger partial charge in [-0.2, -0.15) is 0 Å². The van der Waals surface area contributed by atoms with E-state index in [1.54, 1.807) is 0 Å². The van der Waals surface area contributed by atoms with E-state index in [-0.39, 0.29) is 0 Å². The molecule has 2 aromatic heterocycles. The second-order valence-electron chi connectivity index (χ2n) is 14.5. The van der Waals surface area contributed by atoms with Crippen LogP contribution < -0.4 is 0 Å². The Labute approximate surface area is 319 Å². The van der Waals surface area contributed by atoms with Gasteiger partial charge in [-0.25, -0.2) is 0 Å². The smallest absolute Gasteiger partial charge is 0.143 e. The van der Waals surface area contributed by atoms with E-state index in [0.29, 0.717) is 0 Å². The molecule has 55 heavy (non-hydrogen) atoms. The third-order valence-electron chi connectivity index (χ3n) is 11.3. The molecule has 258 valence electrons. The molecule has 0 amide bonds. The van der Waals surface area contributed by atoms with Crippen molar-refractivity contribution in [1.29, 1.82) is 0 Å². The first-order chi connectivity index (χ1) is 27.3. The molecule has 0 saturated heterocycles. The summed E-state index contributed by atoms with van der Waals surface area (Å²) in [6, 6.07) is 72.2. The quantitative estimate of drug-likeness (QED) is 0.169. The van der Waals surface area contributed by atoms with Crippen molar-refractivity contribution in [3.8, 4) is 39.1 Å². The normalized spacial score (nSPS) is 11.7. The van der Waals surface area contributed by atoms with Crippen molar-refractivity contribution in [3.05, 3.63) is 211 Å². The van der Waals surface area contributed by atoms with E-state index in [2.05, 4.69) is 205 Å². The number of para-hydroxylation sites is 3. The first kappa shape index (κ1) is 31.4. The van der Waals surface area contributed by atoms with Crippen LogP contribution in [0.25, 0.3) is 93.6 Å². The highest BCUT2D eigenvalue weighted by Gasteiger charge is 2.18. The number of fused-ring (bicyclic) bond motifs is 8. The molecule has 0 saturated carbocycles. The number of hydrogen-bond acceptors (Lipinski definition) is 1. The Bertz CT molecular complexity index is 3130. The molecular weight excluding hydrogens is 667 g/mol. The maximum absolute atomic E-state index is 6.85. The number of furan rings is 1. The van der Waals surface area contributed by atoms with Crippen molar-refractivity contribution in [3.63, 3.8) is 0 Å². The van der Waals surface area contributed by atoms with E-state index >= 15 is 0 Å². The number of benzene rings is 9. The average molecular weight is 702 g/mol. The van der Waals surface area contributed by atoms with Crippen molar-refractivity contribution < 1.29 is 4.42 Å². The van der Waals surface area contributed by atoms with Crippen LogP contribution in [0.3, 0.4) is 0 Å². The van der Waals surface area contributed by atoms with Gasteiger partial charge in [-0.1, -0.05) is 170 Å². The summed E-state index contributed by atoms with van der Waals surface area (Å²) >= 11 is 0. The van der Waals surface area contributed by atoms with E-state index < -0.39 is 0 Å². The molecule has 0 unspecified atom stereocenters. The molecule has 0 N–H and O–H groups in total. The Balaban J connectivity index is 0.871. The van der Waals surface area contributed by atoms with Gasteiger partial charge in [-0.3, -0.25) is 0 Å². The van der Waals surface area contributed by atoms with Crippen LogP contribution in [0.5, 0.6) is 0 Å². The van der Waals surface area contributed by atoms with Crippen LogP contribution in [0.4, 0.5) is 0 Å². The summed E-state index contributed by atoms with van der Waals surface area (Å²) < 4.78 is 9.21. The van der Waals surface area contributed by atoms with Crippen LogP contribution in [0.15, 0.2) is 205 Å². The van der Waals surface area contributed by atoms with Gasteiger partial charge in [0.15, 0.2) is 0 Å². The molecule has 2 heterocycles. The van der Waals surface area contributed by atoms with Crippen LogP contribution in [0, 0.1) is 0 Å². The van der Waals surface area contributed by atoms with Gasteiger partial charge in [0.1, 0.15) is 11.2 Å². The fourth-order valence-corrected chi connectivity index (χ4v) is 8.57. The summed E-state index contributed by atoms with van der Waals surface area (Å²) in [6.45, 7) is 0. The molecule has 0 radical (unpaired) electrons. The maximum atomic E-state index is 6.85. The lowest BCUT2D eigenvalue weighted by atomic mass is 9.95. The van der Waals surface area contributed by atoms with E-state index in [4.69, 9.17) is 4.42 Å². The molecule has 2 heteroatoms. The first-order valence-corrected chi connectivity index (χ1v) is 19.0. The Morgan fingerprint density at radius 1 is 0.382 bits per heavy atom. The predicted octanol–water partition coefficient (Wildman–Crippen LogP) is 14.4. The van der Waals surface area contributed by atoms with Gasteiger partial charge in [-0.15, -0.1) is 0 Å². The third kappa shape index (κ3) is 5.26. The van der Waals surface area contributed by atoms with Crippen molar-refractivity contribution in [1.82, 2.24) is 4.57 Å². The van der Waals surface area contributed by atoms with Crippen LogP contribution in [-0.4, -0.2) is 4.57 Å². The summed E-state index contributed by atoms with van der Waals surface area (Å²) in [5.74, 6) is 0. The second kappa shape index (κ2) is 12.8. The molecule has 11 aromatic rings. The van der Waals surface area contributed by atoms with E-state index in [9.17, 15) is 0 Å². The van der Waals surface area contributed by atoms with Crippen molar-refractivity contribution in [2.45, 2.75) is 6.42 Å². The summed E-state index contributed by atoms with van der Waals surface area (Å²) in [5, 5.41) is 7.35. The van der Waals surface area contributed by atoms with Crippen LogP contribution >= 0.6 is 0 Å². The minimum absolute atomic E-state index is 0.791. The van der Waals surface area contributed by atoms with E-state index in [1.807, 2.05) is 0 Å². The van der Waals surface area contributed by atoms with Gasteiger partial charge in [0.05, 0.1) is 11.0 Å². The predicted molar refractivity (Wildman–Crippen MR) is 231 cm³/mol. The topological polar surface area (TPSA) is 18.1 Å². The van der Waals surface area contributed by atoms with Crippen molar-refractivity contribution >= 4 is 54.5 Å². The van der Waals surface area contributed by atoms with E-state index in [1.165, 1.54) is 82.4 Å². The van der Waals surface area contributed by atoms with E-state index in [0.717, 1.165) is 28.7 Å². The SMILES string of the molecule is c1ccc(-c2cc3ccccc3c3c2oc2c(Cc4ccc(-c5ccc(-c6ccc(-n7c8ccccc8c8ccccc87)cc6)cc5)cc4)cccc23)cc1. The Hall–Kier alpha value is -7.16. The summed E-state index contributed by atoms with van der Waals surface area (Å²) in [5.41, 5.74) is 15.1. The highest BCUT2D eigenvalue weighted by Crippen LogP contribution is 2.42. The molecule has 0 aliphatic heterocycles. The molecule has 0 aliphatic carbocycles. The van der Waals surface area contributed by atoms with Crippen LogP contribution in [-0.2, 0) is 6.42 Å². The second-order valence-corrected chi connectivity index (χ2v) is 14.5. The van der Waals surface area contributed by atoms with Gasteiger partial charge in [-0.05, 0) is 80.0 Å². The lowest BCUT2D eigenvalue weighted by Crippen LogP contribution is -1.93. The van der Waals surface area contributed by atoms with Crippen LogP contribution in [0.1, 0.15) is 11.1 Å². The lowest BCUT2D eigenvalue weighted by molar-refractivity contribution is 0.665. The van der Waals surface area contributed by atoms with Gasteiger partial charge in [0, 0.05) is 39.2 Å². The number of rotatable bonds is 6. The first-order valence-electron chi connectivity index (χ1n) is 19.0. The zero-order chi connectivity index (χ0) is 36.3. The third-order valence-corrected chi connectivity index (χ3v) is 11.3. The maximum Gasteiger partial charge on any atom is 0.143 e. The fraction of sp³-hybridized carbons (Fsp3) is 0.0189. The molecule has 0 bridgehead atoms. The minimum Gasteiger partial charge on any atom is -0.455 e. The Morgan fingerprint density at radius 3 is 1.56 bits per heavy atom. The average Bonchev–Trinajstić information content (AvgIpc) is 3.82. The molecule has 11 rings (SSSR count). The molecule has 0 aliphatic rings. The summed E-state index contributed by atoms with van der Waals surface area (Å²) in [6.07, 6.45) is 0.791. The fourth-order valence-electron chi connectivity index (χ4n) is 8.57. The molecule has 0 atom stereocenters. The van der Waals surface area contributed by atoms with Gasteiger partial charge in [0.25, 0.3) is 0 Å². The standard InChI is InChI=1S/C53H35NO/c1-2-11-40(12-3-1)48-34-41-13-4-5-15-44(41)51-47-18-10-14-42(52(47)55-53(48)51)33-35-21-23-36(24-22-35)37-25-27-38(28-26-37)39-29-31-43(32-30-39)54-49-19-8-6-16-45(49)46-17-7-9-20-50(46)54/h1-32,34H,33H2. The molecule has 9 aromatic carbocycles. The van der Waals surface area contributed by atoms with Gasteiger partial charge in [0.2, 0.25) is 0 Å². The lowest BCUT2D eigenvalue weighted by Gasteiger charge is -2.10. The zero-order valence-electron chi connectivity index (χ0n) is 30.1. The van der Waals surface area contributed by atoms with Gasteiger partial charge >= 0.3 is 0 Å². The minimum atomic E-state index is 0.791. The zero-order valence-corrected chi connectivity index (χ0v) is 30.1. The molecule has 2 nitrogen and oxygen atoms in total. The largest absolute Gasteiger partial charge is 0.455 e. The molecular formula is C53H35NO. The summed E-state index contributed by atoms with van der Waals surface area (Å²) in [4.78, 5) is 0. The number of hydrogen-bond donors (Lipinski definition) is 0. The summed E-state index contributed by atoms with van der Waals surface area (Å²) in [7, 11) is 0. The highest BCUT2D eigenvalue weighted by molar-refractivity contribution is 6.22. The van der Waals surface area contributed by atoms with Gasteiger partial charge < -0.3 is 8.98 Å². The van der Waals surface area contributed by atoms with Crippen molar-refractivity contribution in [2.24, 2.45) is 0 Å². The number of nitrogens with zero attached hydrogens (tertiary/aromatic N) is 1. The Morgan fingerprint density at radius 2 is 0.909 bits per heavy atom. The molecule has 0 fully saturated rings. The monoisotopic (exact) mass is 701 g/mol. The van der Waals surface area contributed by atoms with Crippen LogP contribution in [0.2, 0.25) is 0 Å². The molecule has 0 spiro atoms. The Kier molecular flexibility index (Phi) is 7.28. The van der Waals surface area contributed by atoms with Crippen molar-refractivity contribution in [2.75, 3.05) is 0 Å².